The van der Waals surface area contributed by atoms with Crippen molar-refractivity contribution >= 4 is 5.91 Å². The SMILES string of the molecule is CCN(CC)Cc1ccc2c(c1)CN(C(=O)COC)CCO2. The van der Waals surface area contributed by atoms with E-state index in [0.717, 1.165) is 30.9 Å². The molecule has 0 N–H and O–H groups in total. The Morgan fingerprint density at radius 1 is 1.36 bits per heavy atom. The van der Waals surface area contributed by atoms with Crippen LogP contribution in [0.2, 0.25) is 0 Å². The van der Waals surface area contributed by atoms with Crippen LogP contribution in [0.15, 0.2) is 18.2 Å². The summed E-state index contributed by atoms with van der Waals surface area (Å²) in [6.07, 6.45) is 0. The van der Waals surface area contributed by atoms with Crippen LogP contribution in [-0.4, -0.2) is 55.7 Å². The summed E-state index contributed by atoms with van der Waals surface area (Å²) in [4.78, 5) is 16.2. The van der Waals surface area contributed by atoms with E-state index in [9.17, 15) is 4.79 Å². The quantitative estimate of drug-likeness (QED) is 0.805. The average molecular weight is 306 g/mol. The molecule has 1 aromatic rings. The second-order valence-electron chi connectivity index (χ2n) is 5.50. The van der Waals surface area contributed by atoms with E-state index in [2.05, 4.69) is 30.9 Å². The topological polar surface area (TPSA) is 42.0 Å². The van der Waals surface area contributed by atoms with Crippen molar-refractivity contribution in [2.45, 2.75) is 26.9 Å². The molecule has 1 heterocycles. The van der Waals surface area contributed by atoms with E-state index in [-0.39, 0.29) is 12.5 Å². The van der Waals surface area contributed by atoms with Crippen LogP contribution in [0.3, 0.4) is 0 Å². The highest BCUT2D eigenvalue weighted by Gasteiger charge is 2.20. The van der Waals surface area contributed by atoms with Gasteiger partial charge < -0.3 is 14.4 Å². The molecule has 5 heteroatoms. The minimum Gasteiger partial charge on any atom is -0.491 e. The zero-order valence-corrected chi connectivity index (χ0v) is 13.8. The Bertz CT molecular complexity index is 501. The summed E-state index contributed by atoms with van der Waals surface area (Å²) in [5.74, 6) is 0.893. The highest BCUT2D eigenvalue weighted by atomic mass is 16.5. The molecule has 122 valence electrons. The van der Waals surface area contributed by atoms with Crippen LogP contribution in [0.4, 0.5) is 0 Å². The van der Waals surface area contributed by atoms with Crippen LogP contribution in [-0.2, 0) is 22.6 Å². The number of methoxy groups -OCH3 is 1. The standard InChI is InChI=1S/C17H26N2O3/c1-4-18(5-2)11-14-6-7-16-15(10-14)12-19(8-9-22-16)17(20)13-21-3/h6-7,10H,4-5,8-9,11-13H2,1-3H3. The zero-order valence-electron chi connectivity index (χ0n) is 13.8. The minimum absolute atomic E-state index is 0.00750. The molecule has 0 spiro atoms. The fourth-order valence-electron chi connectivity index (χ4n) is 2.68. The number of carbonyl (C=O) groups excluding carboxylic acids is 1. The first-order valence-electron chi connectivity index (χ1n) is 7.91. The van der Waals surface area contributed by atoms with Gasteiger partial charge in [0.15, 0.2) is 0 Å². The number of amides is 1. The molecule has 1 amide bonds. The maximum atomic E-state index is 12.1. The van der Waals surface area contributed by atoms with E-state index in [0.29, 0.717) is 19.7 Å². The zero-order chi connectivity index (χ0) is 15.9. The molecule has 0 radical (unpaired) electrons. The summed E-state index contributed by atoms with van der Waals surface area (Å²) in [7, 11) is 1.54. The third-order valence-corrected chi connectivity index (χ3v) is 4.03. The normalized spacial score (nSPS) is 14.5. The summed E-state index contributed by atoms with van der Waals surface area (Å²) < 4.78 is 10.7. The van der Waals surface area contributed by atoms with E-state index >= 15 is 0 Å². The summed E-state index contributed by atoms with van der Waals surface area (Å²) in [5, 5.41) is 0. The Balaban J connectivity index is 2.14. The molecular formula is C17H26N2O3. The number of hydrogen-bond acceptors (Lipinski definition) is 4. The Labute approximate surface area is 132 Å². The average Bonchev–Trinajstić information content (AvgIpc) is 2.74. The largest absolute Gasteiger partial charge is 0.491 e. The lowest BCUT2D eigenvalue weighted by atomic mass is 10.1. The number of ether oxygens (including phenoxy) is 2. The molecule has 0 unspecified atom stereocenters. The maximum absolute atomic E-state index is 12.1. The highest BCUT2D eigenvalue weighted by Crippen LogP contribution is 2.25. The smallest absolute Gasteiger partial charge is 0.248 e. The lowest BCUT2D eigenvalue weighted by molar-refractivity contribution is -0.135. The van der Waals surface area contributed by atoms with E-state index in [1.165, 1.54) is 5.56 Å². The summed E-state index contributed by atoms with van der Waals surface area (Å²) in [6.45, 7) is 9.15. The van der Waals surface area contributed by atoms with E-state index in [1.807, 2.05) is 6.07 Å². The number of benzene rings is 1. The van der Waals surface area contributed by atoms with Crippen molar-refractivity contribution in [3.63, 3.8) is 0 Å². The molecular weight excluding hydrogens is 280 g/mol. The third kappa shape index (κ3) is 4.21. The van der Waals surface area contributed by atoms with Gasteiger partial charge >= 0.3 is 0 Å². The Morgan fingerprint density at radius 3 is 2.82 bits per heavy atom. The van der Waals surface area contributed by atoms with Gasteiger partial charge in [-0.3, -0.25) is 9.69 Å². The number of fused-ring (bicyclic) bond motifs is 1. The van der Waals surface area contributed by atoms with Crippen molar-refractivity contribution in [1.82, 2.24) is 9.80 Å². The number of nitrogens with zero attached hydrogens (tertiary/aromatic N) is 2. The fraction of sp³-hybridized carbons (Fsp3) is 0.588. The first-order valence-corrected chi connectivity index (χ1v) is 7.91. The highest BCUT2D eigenvalue weighted by molar-refractivity contribution is 5.77. The summed E-state index contributed by atoms with van der Waals surface area (Å²) >= 11 is 0. The first-order chi connectivity index (χ1) is 10.7. The van der Waals surface area contributed by atoms with E-state index in [4.69, 9.17) is 9.47 Å². The molecule has 2 rings (SSSR count). The first kappa shape index (κ1) is 16.8. The van der Waals surface area contributed by atoms with E-state index < -0.39 is 0 Å². The molecule has 0 bridgehead atoms. The molecule has 0 fully saturated rings. The molecule has 0 aromatic heterocycles. The van der Waals surface area contributed by atoms with Crippen molar-refractivity contribution in [3.8, 4) is 5.75 Å². The van der Waals surface area contributed by atoms with E-state index in [1.54, 1.807) is 12.0 Å². The van der Waals surface area contributed by atoms with Crippen molar-refractivity contribution in [1.29, 1.82) is 0 Å². The lowest BCUT2D eigenvalue weighted by Gasteiger charge is -2.21. The van der Waals surface area contributed by atoms with Crippen LogP contribution < -0.4 is 4.74 Å². The van der Waals surface area contributed by atoms with Gasteiger partial charge in [-0.1, -0.05) is 19.9 Å². The second-order valence-corrected chi connectivity index (χ2v) is 5.50. The number of hydrogen-bond donors (Lipinski definition) is 0. The summed E-state index contributed by atoms with van der Waals surface area (Å²) in [6, 6.07) is 6.30. The van der Waals surface area contributed by atoms with Crippen LogP contribution in [0.25, 0.3) is 0 Å². The van der Waals surface area contributed by atoms with Gasteiger partial charge in [-0.2, -0.15) is 0 Å². The van der Waals surface area contributed by atoms with Gasteiger partial charge in [-0.05, 0) is 30.8 Å². The molecule has 22 heavy (non-hydrogen) atoms. The Kier molecular flexibility index (Phi) is 6.21. The van der Waals surface area contributed by atoms with Gasteiger partial charge in [-0.15, -0.1) is 0 Å². The molecule has 0 aliphatic carbocycles. The fourth-order valence-corrected chi connectivity index (χ4v) is 2.68. The molecule has 1 aliphatic rings. The van der Waals surface area contributed by atoms with Crippen molar-refractivity contribution < 1.29 is 14.3 Å². The molecule has 0 atom stereocenters. The van der Waals surface area contributed by atoms with Gasteiger partial charge in [0.05, 0.1) is 6.54 Å². The van der Waals surface area contributed by atoms with Crippen LogP contribution in [0, 0.1) is 0 Å². The van der Waals surface area contributed by atoms with Crippen molar-refractivity contribution in [3.05, 3.63) is 29.3 Å². The van der Waals surface area contributed by atoms with Gasteiger partial charge in [-0.25, -0.2) is 0 Å². The molecule has 1 aliphatic heterocycles. The Morgan fingerprint density at radius 2 is 2.14 bits per heavy atom. The summed E-state index contributed by atoms with van der Waals surface area (Å²) in [5.41, 5.74) is 2.33. The van der Waals surface area contributed by atoms with Gasteiger partial charge in [0, 0.05) is 25.8 Å². The monoisotopic (exact) mass is 306 g/mol. The predicted octanol–water partition coefficient (Wildman–Crippen LogP) is 1.90. The maximum Gasteiger partial charge on any atom is 0.248 e. The minimum atomic E-state index is 0.00750. The number of rotatable bonds is 6. The molecule has 0 saturated heterocycles. The lowest BCUT2D eigenvalue weighted by Crippen LogP contribution is -2.34. The van der Waals surface area contributed by atoms with Crippen molar-refractivity contribution in [2.75, 3.05) is 40.0 Å². The number of carbonyl (C=O) groups is 1. The van der Waals surface area contributed by atoms with Crippen LogP contribution in [0.1, 0.15) is 25.0 Å². The van der Waals surface area contributed by atoms with Gasteiger partial charge in [0.1, 0.15) is 19.0 Å². The second kappa shape index (κ2) is 8.15. The van der Waals surface area contributed by atoms with Crippen molar-refractivity contribution in [2.24, 2.45) is 0 Å². The van der Waals surface area contributed by atoms with Gasteiger partial charge in [0.25, 0.3) is 0 Å². The van der Waals surface area contributed by atoms with Gasteiger partial charge in [0.2, 0.25) is 5.91 Å². The Hall–Kier alpha value is -1.59. The molecule has 5 nitrogen and oxygen atoms in total. The van der Waals surface area contributed by atoms with Crippen LogP contribution in [0.5, 0.6) is 5.75 Å². The third-order valence-electron chi connectivity index (χ3n) is 4.03. The van der Waals surface area contributed by atoms with Crippen LogP contribution >= 0.6 is 0 Å². The predicted molar refractivity (Wildman–Crippen MR) is 85.9 cm³/mol. The molecule has 0 saturated carbocycles. The molecule has 1 aromatic carbocycles.